The molecule has 2 heterocycles. The summed E-state index contributed by atoms with van der Waals surface area (Å²) in [6, 6.07) is 8.90. The van der Waals surface area contributed by atoms with E-state index in [0.29, 0.717) is 6.42 Å². The van der Waals surface area contributed by atoms with Crippen molar-refractivity contribution in [2.45, 2.75) is 32.9 Å². The first-order valence-corrected chi connectivity index (χ1v) is 9.26. The lowest BCUT2D eigenvalue weighted by Gasteiger charge is -2.18. The van der Waals surface area contributed by atoms with E-state index < -0.39 is 11.7 Å². The highest BCUT2D eigenvalue weighted by molar-refractivity contribution is 5.97. The van der Waals surface area contributed by atoms with E-state index in [-0.39, 0.29) is 29.7 Å². The standard InChI is InChI=1S/C21H22FN5O2/c1-3-18(20-14(2)6-4-7-23-20)26-21(29)15-10-16(22)12-17(11-15)25-19(28)13-27-9-5-8-24-27/h4-12,18H,3,13H2,1-2H3,(H,25,28)(H,26,29). The zero-order chi connectivity index (χ0) is 20.8. The van der Waals surface area contributed by atoms with Crippen LogP contribution in [0.5, 0.6) is 0 Å². The Hall–Kier alpha value is -3.55. The van der Waals surface area contributed by atoms with Crippen molar-refractivity contribution in [2.75, 3.05) is 5.32 Å². The van der Waals surface area contributed by atoms with Crippen LogP contribution < -0.4 is 10.6 Å². The summed E-state index contributed by atoms with van der Waals surface area (Å²) in [5.41, 5.74) is 2.05. The summed E-state index contributed by atoms with van der Waals surface area (Å²) in [6.07, 6.45) is 5.51. The van der Waals surface area contributed by atoms with E-state index in [2.05, 4.69) is 20.7 Å². The number of carbonyl (C=O) groups excluding carboxylic acids is 2. The average molecular weight is 395 g/mol. The van der Waals surface area contributed by atoms with Crippen LogP contribution in [0.2, 0.25) is 0 Å². The molecule has 150 valence electrons. The summed E-state index contributed by atoms with van der Waals surface area (Å²) in [7, 11) is 0. The zero-order valence-corrected chi connectivity index (χ0v) is 16.2. The molecule has 2 aromatic heterocycles. The molecule has 3 rings (SSSR count). The van der Waals surface area contributed by atoms with Crippen LogP contribution in [0.3, 0.4) is 0 Å². The molecule has 0 aliphatic rings. The fraction of sp³-hybridized carbons (Fsp3) is 0.238. The summed E-state index contributed by atoms with van der Waals surface area (Å²) >= 11 is 0. The minimum Gasteiger partial charge on any atom is -0.344 e. The largest absolute Gasteiger partial charge is 0.344 e. The molecule has 1 atom stereocenters. The van der Waals surface area contributed by atoms with Crippen molar-refractivity contribution in [2.24, 2.45) is 0 Å². The first-order chi connectivity index (χ1) is 14.0. The number of rotatable bonds is 7. The summed E-state index contributed by atoms with van der Waals surface area (Å²) in [5.74, 6) is -1.43. The van der Waals surface area contributed by atoms with Gasteiger partial charge in [-0.3, -0.25) is 19.3 Å². The highest BCUT2D eigenvalue weighted by atomic mass is 19.1. The summed E-state index contributed by atoms with van der Waals surface area (Å²) in [5, 5.41) is 9.43. The SMILES string of the molecule is CCC(NC(=O)c1cc(F)cc(NC(=O)Cn2cccn2)c1)c1ncccc1C. The maximum absolute atomic E-state index is 14.1. The van der Waals surface area contributed by atoms with Crippen molar-refractivity contribution in [3.8, 4) is 0 Å². The van der Waals surface area contributed by atoms with Crippen LogP contribution in [0.4, 0.5) is 10.1 Å². The van der Waals surface area contributed by atoms with E-state index in [1.807, 2.05) is 26.0 Å². The van der Waals surface area contributed by atoms with Gasteiger partial charge in [0, 0.05) is 29.8 Å². The molecule has 1 unspecified atom stereocenters. The van der Waals surface area contributed by atoms with Crippen molar-refractivity contribution in [3.63, 3.8) is 0 Å². The molecule has 0 spiro atoms. The van der Waals surface area contributed by atoms with Crippen LogP contribution in [0.1, 0.15) is 41.0 Å². The van der Waals surface area contributed by atoms with Gasteiger partial charge in [0.05, 0.1) is 11.7 Å². The number of amides is 2. The third kappa shape index (κ3) is 5.25. The van der Waals surface area contributed by atoms with Gasteiger partial charge >= 0.3 is 0 Å². The molecule has 0 radical (unpaired) electrons. The number of halogens is 1. The molecule has 0 saturated carbocycles. The number of benzene rings is 1. The van der Waals surface area contributed by atoms with Crippen LogP contribution in [-0.4, -0.2) is 26.6 Å². The van der Waals surface area contributed by atoms with Crippen molar-refractivity contribution in [1.82, 2.24) is 20.1 Å². The Bertz CT molecular complexity index is 1000. The van der Waals surface area contributed by atoms with Gasteiger partial charge in [0.25, 0.3) is 5.91 Å². The topological polar surface area (TPSA) is 88.9 Å². The van der Waals surface area contributed by atoms with E-state index in [0.717, 1.165) is 23.4 Å². The molecule has 7 nitrogen and oxygen atoms in total. The molecule has 0 saturated heterocycles. The molecule has 3 aromatic rings. The Labute approximate surface area is 168 Å². The second kappa shape index (κ2) is 9.09. The number of aromatic nitrogens is 3. The van der Waals surface area contributed by atoms with Gasteiger partial charge in [-0.2, -0.15) is 5.10 Å². The minimum absolute atomic E-state index is 0.0120. The Morgan fingerprint density at radius 3 is 2.72 bits per heavy atom. The molecule has 2 amide bonds. The number of hydrogen-bond acceptors (Lipinski definition) is 4. The van der Waals surface area contributed by atoms with Gasteiger partial charge in [-0.15, -0.1) is 0 Å². The van der Waals surface area contributed by atoms with Crippen molar-refractivity contribution in [1.29, 1.82) is 0 Å². The van der Waals surface area contributed by atoms with Gasteiger partial charge in [-0.1, -0.05) is 13.0 Å². The number of nitrogens with zero attached hydrogens (tertiary/aromatic N) is 3. The normalized spacial score (nSPS) is 11.7. The molecule has 2 N–H and O–H groups in total. The Balaban J connectivity index is 1.73. The first kappa shape index (κ1) is 20.2. The third-order valence-electron chi connectivity index (χ3n) is 4.40. The van der Waals surface area contributed by atoms with Crippen LogP contribution >= 0.6 is 0 Å². The quantitative estimate of drug-likeness (QED) is 0.643. The monoisotopic (exact) mass is 395 g/mol. The van der Waals surface area contributed by atoms with Crippen molar-refractivity contribution in [3.05, 3.63) is 77.6 Å². The molecular weight excluding hydrogens is 373 g/mol. The summed E-state index contributed by atoms with van der Waals surface area (Å²) < 4.78 is 15.5. The molecule has 0 fully saturated rings. The number of hydrogen-bond donors (Lipinski definition) is 2. The van der Waals surface area contributed by atoms with Crippen LogP contribution in [0, 0.1) is 12.7 Å². The second-order valence-corrected chi connectivity index (χ2v) is 6.62. The molecule has 0 bridgehead atoms. The fourth-order valence-corrected chi connectivity index (χ4v) is 3.00. The van der Waals surface area contributed by atoms with E-state index in [1.54, 1.807) is 24.7 Å². The average Bonchev–Trinajstić information content (AvgIpc) is 3.19. The molecular formula is C21H22FN5O2. The summed E-state index contributed by atoms with van der Waals surface area (Å²) in [6.45, 7) is 3.85. The zero-order valence-electron chi connectivity index (χ0n) is 16.2. The maximum Gasteiger partial charge on any atom is 0.251 e. The molecule has 8 heteroatoms. The van der Waals surface area contributed by atoms with E-state index in [1.165, 1.54) is 10.7 Å². The van der Waals surface area contributed by atoms with Gasteiger partial charge in [-0.25, -0.2) is 4.39 Å². The highest BCUT2D eigenvalue weighted by Gasteiger charge is 2.18. The predicted molar refractivity (Wildman–Crippen MR) is 107 cm³/mol. The van der Waals surface area contributed by atoms with E-state index in [9.17, 15) is 14.0 Å². The van der Waals surface area contributed by atoms with Crippen molar-refractivity contribution < 1.29 is 14.0 Å². The van der Waals surface area contributed by atoms with Gasteiger partial charge in [0.2, 0.25) is 5.91 Å². The van der Waals surface area contributed by atoms with Gasteiger partial charge in [-0.05, 0) is 49.2 Å². The Morgan fingerprint density at radius 2 is 2.03 bits per heavy atom. The summed E-state index contributed by atoms with van der Waals surface area (Å²) in [4.78, 5) is 29.2. The van der Waals surface area contributed by atoms with Crippen LogP contribution in [0.15, 0.2) is 55.0 Å². The van der Waals surface area contributed by atoms with Gasteiger partial charge in [0.1, 0.15) is 12.4 Å². The fourth-order valence-electron chi connectivity index (χ4n) is 3.00. The number of carbonyl (C=O) groups is 2. The lowest BCUT2D eigenvalue weighted by molar-refractivity contribution is -0.116. The number of anilines is 1. The first-order valence-electron chi connectivity index (χ1n) is 9.26. The van der Waals surface area contributed by atoms with Crippen molar-refractivity contribution >= 4 is 17.5 Å². The minimum atomic E-state index is -0.617. The smallest absolute Gasteiger partial charge is 0.251 e. The van der Waals surface area contributed by atoms with Crippen LogP contribution in [0.25, 0.3) is 0 Å². The second-order valence-electron chi connectivity index (χ2n) is 6.62. The van der Waals surface area contributed by atoms with Gasteiger partial charge < -0.3 is 10.6 Å². The van der Waals surface area contributed by atoms with E-state index in [4.69, 9.17) is 0 Å². The van der Waals surface area contributed by atoms with Gasteiger partial charge in [0.15, 0.2) is 0 Å². The number of nitrogens with one attached hydrogen (secondary N) is 2. The Kier molecular flexibility index (Phi) is 6.33. The number of pyridine rings is 1. The lowest BCUT2D eigenvalue weighted by Crippen LogP contribution is -2.29. The Morgan fingerprint density at radius 1 is 1.21 bits per heavy atom. The van der Waals surface area contributed by atoms with E-state index >= 15 is 0 Å². The highest BCUT2D eigenvalue weighted by Crippen LogP contribution is 2.20. The third-order valence-corrected chi connectivity index (χ3v) is 4.40. The number of aryl methyl sites for hydroxylation is 1. The lowest BCUT2D eigenvalue weighted by atomic mass is 10.0. The molecule has 0 aliphatic carbocycles. The maximum atomic E-state index is 14.1. The molecule has 29 heavy (non-hydrogen) atoms. The van der Waals surface area contributed by atoms with Crippen LogP contribution in [-0.2, 0) is 11.3 Å². The molecule has 1 aromatic carbocycles. The predicted octanol–water partition coefficient (Wildman–Crippen LogP) is 3.25. The molecule has 0 aliphatic heterocycles.